The van der Waals surface area contributed by atoms with Gasteiger partial charge in [-0.2, -0.15) is 0 Å². The van der Waals surface area contributed by atoms with Gasteiger partial charge in [0.2, 0.25) is 0 Å². The Bertz CT molecular complexity index is 261. The number of aliphatic carboxylic acids is 1. The molecule has 1 aliphatic carbocycles. The summed E-state index contributed by atoms with van der Waals surface area (Å²) in [5.41, 5.74) is 0.274. The Labute approximate surface area is 89.2 Å². The lowest BCUT2D eigenvalue weighted by atomic mass is 10.1. The molecule has 0 radical (unpaired) electrons. The van der Waals surface area contributed by atoms with Crippen LogP contribution in [0.25, 0.3) is 0 Å². The van der Waals surface area contributed by atoms with Gasteiger partial charge in [0.25, 0.3) is 0 Å². The van der Waals surface area contributed by atoms with Gasteiger partial charge in [-0.3, -0.25) is 4.79 Å². The lowest BCUT2D eigenvalue weighted by Gasteiger charge is -2.12. The van der Waals surface area contributed by atoms with E-state index in [9.17, 15) is 9.59 Å². The number of amides is 2. The van der Waals surface area contributed by atoms with E-state index in [1.807, 2.05) is 0 Å². The second kappa shape index (κ2) is 4.51. The maximum atomic E-state index is 11.2. The molecule has 1 fully saturated rings. The molecule has 0 aliphatic heterocycles. The van der Waals surface area contributed by atoms with Gasteiger partial charge >= 0.3 is 12.0 Å². The number of urea groups is 1. The van der Waals surface area contributed by atoms with Crippen LogP contribution in [-0.2, 0) is 4.79 Å². The number of carbonyl (C=O) groups excluding carboxylic acids is 1. The van der Waals surface area contributed by atoms with E-state index in [1.165, 1.54) is 0 Å². The summed E-state index contributed by atoms with van der Waals surface area (Å²) in [7, 11) is 0. The lowest BCUT2D eigenvalue weighted by Crippen LogP contribution is -2.41. The van der Waals surface area contributed by atoms with Crippen molar-refractivity contribution in [1.82, 2.24) is 10.6 Å². The minimum Gasteiger partial charge on any atom is -0.481 e. The standard InChI is InChI=1S/C10H18N2O3/c1-7(8(13)14)5-11-9(15)12-6-10(2)3-4-10/h7H,3-6H2,1-2H3,(H,13,14)(H2,11,12,15). The molecule has 1 aliphatic rings. The van der Waals surface area contributed by atoms with Crippen LogP contribution in [0.1, 0.15) is 26.7 Å². The Balaban J connectivity index is 2.10. The lowest BCUT2D eigenvalue weighted by molar-refractivity contribution is -0.140. The molecule has 0 aromatic rings. The summed E-state index contributed by atoms with van der Waals surface area (Å²) in [5.74, 6) is -1.45. The summed E-state index contributed by atoms with van der Waals surface area (Å²) in [6, 6.07) is -0.281. The molecule has 0 saturated heterocycles. The monoisotopic (exact) mass is 214 g/mol. The maximum Gasteiger partial charge on any atom is 0.314 e. The quantitative estimate of drug-likeness (QED) is 0.633. The molecular formula is C10H18N2O3. The molecule has 0 aromatic carbocycles. The van der Waals surface area contributed by atoms with Crippen molar-refractivity contribution in [2.45, 2.75) is 26.7 Å². The van der Waals surface area contributed by atoms with Crippen LogP contribution in [0.5, 0.6) is 0 Å². The van der Waals surface area contributed by atoms with Crippen LogP contribution in [0, 0.1) is 11.3 Å². The zero-order valence-corrected chi connectivity index (χ0v) is 9.17. The van der Waals surface area contributed by atoms with Crippen molar-refractivity contribution in [1.29, 1.82) is 0 Å². The largest absolute Gasteiger partial charge is 0.481 e. The predicted octanol–water partition coefficient (Wildman–Crippen LogP) is 0.806. The second-order valence-corrected chi connectivity index (χ2v) is 4.61. The van der Waals surface area contributed by atoms with Crippen LogP contribution in [0.2, 0.25) is 0 Å². The normalized spacial score (nSPS) is 19.1. The van der Waals surface area contributed by atoms with E-state index in [-0.39, 0.29) is 18.0 Å². The Hall–Kier alpha value is -1.26. The van der Waals surface area contributed by atoms with Gasteiger partial charge in [0.1, 0.15) is 0 Å². The second-order valence-electron chi connectivity index (χ2n) is 4.61. The summed E-state index contributed by atoms with van der Waals surface area (Å²) in [6.45, 7) is 4.51. The van der Waals surface area contributed by atoms with Crippen LogP contribution >= 0.6 is 0 Å². The molecule has 1 rings (SSSR count). The molecule has 0 spiro atoms. The number of hydrogen-bond donors (Lipinski definition) is 3. The number of carbonyl (C=O) groups is 2. The molecule has 1 saturated carbocycles. The SMILES string of the molecule is CC(CNC(=O)NCC1(C)CC1)C(=O)O. The van der Waals surface area contributed by atoms with E-state index in [4.69, 9.17) is 5.11 Å². The molecule has 3 N–H and O–H groups in total. The topological polar surface area (TPSA) is 78.4 Å². The van der Waals surface area contributed by atoms with E-state index in [2.05, 4.69) is 17.6 Å². The third-order valence-corrected chi connectivity index (χ3v) is 2.77. The molecule has 1 unspecified atom stereocenters. The summed E-state index contributed by atoms with van der Waals surface area (Å²) >= 11 is 0. The highest BCUT2D eigenvalue weighted by molar-refractivity contribution is 5.75. The molecule has 0 heterocycles. The number of carboxylic acid groups (broad SMARTS) is 1. The summed E-state index contributed by atoms with van der Waals surface area (Å²) in [5, 5.41) is 13.9. The smallest absolute Gasteiger partial charge is 0.314 e. The Morgan fingerprint density at radius 3 is 2.47 bits per heavy atom. The number of rotatable bonds is 5. The van der Waals surface area contributed by atoms with Gasteiger partial charge in [-0.25, -0.2) is 4.79 Å². The molecule has 0 aromatic heterocycles. The molecule has 5 heteroatoms. The third kappa shape index (κ3) is 4.18. The molecule has 2 amide bonds. The highest BCUT2D eigenvalue weighted by Gasteiger charge is 2.37. The van der Waals surface area contributed by atoms with Crippen molar-refractivity contribution >= 4 is 12.0 Å². The van der Waals surface area contributed by atoms with Gasteiger partial charge in [-0.15, -0.1) is 0 Å². The minimum absolute atomic E-state index is 0.165. The van der Waals surface area contributed by atoms with E-state index in [1.54, 1.807) is 6.92 Å². The average molecular weight is 214 g/mol. The van der Waals surface area contributed by atoms with Crippen molar-refractivity contribution in [2.75, 3.05) is 13.1 Å². The average Bonchev–Trinajstić information content (AvgIpc) is 2.90. The highest BCUT2D eigenvalue weighted by Crippen LogP contribution is 2.43. The first-order chi connectivity index (χ1) is 6.93. The fourth-order valence-electron chi connectivity index (χ4n) is 1.08. The van der Waals surface area contributed by atoms with Gasteiger partial charge in [-0.05, 0) is 18.3 Å². The summed E-state index contributed by atoms with van der Waals surface area (Å²) in [4.78, 5) is 21.7. The third-order valence-electron chi connectivity index (χ3n) is 2.77. The van der Waals surface area contributed by atoms with Crippen LogP contribution < -0.4 is 10.6 Å². The molecule has 5 nitrogen and oxygen atoms in total. The van der Waals surface area contributed by atoms with Gasteiger partial charge in [0.15, 0.2) is 0 Å². The zero-order chi connectivity index (χ0) is 11.5. The zero-order valence-electron chi connectivity index (χ0n) is 9.17. The first-order valence-electron chi connectivity index (χ1n) is 5.17. The first kappa shape index (κ1) is 11.8. The van der Waals surface area contributed by atoms with E-state index in [0.717, 1.165) is 12.8 Å². The first-order valence-corrected chi connectivity index (χ1v) is 5.17. The van der Waals surface area contributed by atoms with E-state index in [0.29, 0.717) is 6.54 Å². The summed E-state index contributed by atoms with van der Waals surface area (Å²) < 4.78 is 0. The van der Waals surface area contributed by atoms with Crippen LogP contribution in [0.3, 0.4) is 0 Å². The Morgan fingerprint density at radius 2 is 2.00 bits per heavy atom. The van der Waals surface area contributed by atoms with Crippen molar-refractivity contribution in [3.63, 3.8) is 0 Å². The molecule has 86 valence electrons. The predicted molar refractivity (Wildman–Crippen MR) is 55.5 cm³/mol. The summed E-state index contributed by atoms with van der Waals surface area (Å²) in [6.07, 6.45) is 2.30. The molecular weight excluding hydrogens is 196 g/mol. The maximum absolute atomic E-state index is 11.2. The van der Waals surface area contributed by atoms with Gasteiger partial charge < -0.3 is 15.7 Å². The van der Waals surface area contributed by atoms with Crippen LogP contribution in [0.15, 0.2) is 0 Å². The molecule has 15 heavy (non-hydrogen) atoms. The molecule has 0 bridgehead atoms. The van der Waals surface area contributed by atoms with Crippen molar-refractivity contribution in [3.8, 4) is 0 Å². The van der Waals surface area contributed by atoms with Gasteiger partial charge in [0, 0.05) is 13.1 Å². The minimum atomic E-state index is -0.899. The van der Waals surface area contributed by atoms with Gasteiger partial charge in [-0.1, -0.05) is 13.8 Å². The number of hydrogen-bond acceptors (Lipinski definition) is 2. The Morgan fingerprint density at radius 1 is 1.40 bits per heavy atom. The fraction of sp³-hybridized carbons (Fsp3) is 0.800. The fourth-order valence-corrected chi connectivity index (χ4v) is 1.08. The Kier molecular flexibility index (Phi) is 3.55. The van der Waals surface area contributed by atoms with Crippen LogP contribution in [-0.4, -0.2) is 30.2 Å². The van der Waals surface area contributed by atoms with E-state index >= 15 is 0 Å². The molecule has 1 atom stereocenters. The van der Waals surface area contributed by atoms with Crippen molar-refractivity contribution in [3.05, 3.63) is 0 Å². The number of nitrogens with one attached hydrogen (secondary N) is 2. The number of carboxylic acids is 1. The van der Waals surface area contributed by atoms with Crippen molar-refractivity contribution < 1.29 is 14.7 Å². The van der Waals surface area contributed by atoms with Gasteiger partial charge in [0.05, 0.1) is 5.92 Å². The van der Waals surface area contributed by atoms with E-state index < -0.39 is 11.9 Å². The van der Waals surface area contributed by atoms with Crippen molar-refractivity contribution in [2.24, 2.45) is 11.3 Å². The van der Waals surface area contributed by atoms with Crippen LogP contribution in [0.4, 0.5) is 4.79 Å². The highest BCUT2D eigenvalue weighted by atomic mass is 16.4.